The maximum Gasteiger partial charge on any atom is 0.228 e. The van der Waals surface area contributed by atoms with Gasteiger partial charge in [0.25, 0.3) is 0 Å². The molecule has 1 heterocycles. The van der Waals surface area contributed by atoms with Crippen LogP contribution in [0.5, 0.6) is 0 Å². The van der Waals surface area contributed by atoms with Crippen molar-refractivity contribution in [1.82, 2.24) is 4.98 Å². The summed E-state index contributed by atoms with van der Waals surface area (Å²) in [5.41, 5.74) is 3.78. The van der Waals surface area contributed by atoms with Crippen molar-refractivity contribution in [2.24, 2.45) is 0 Å². The number of nitrogens with one attached hydrogen (secondary N) is 2. The number of amides is 1. The first-order valence-corrected chi connectivity index (χ1v) is 8.72. The molecule has 0 saturated heterocycles. The number of benzene rings is 2. The van der Waals surface area contributed by atoms with Gasteiger partial charge in [-0.15, -0.1) is 0 Å². The minimum Gasteiger partial charge on any atom is -0.339 e. The van der Waals surface area contributed by atoms with Crippen molar-refractivity contribution >= 4 is 39.0 Å². The highest BCUT2D eigenvalue weighted by atomic mass is 79.9. The largest absolute Gasteiger partial charge is 0.339 e. The van der Waals surface area contributed by atoms with E-state index in [4.69, 9.17) is 0 Å². The van der Waals surface area contributed by atoms with Crippen LogP contribution in [-0.2, 0) is 11.2 Å². The molecule has 0 spiro atoms. The molecule has 0 saturated carbocycles. The zero-order valence-electron chi connectivity index (χ0n) is 13.8. The van der Waals surface area contributed by atoms with E-state index in [0.29, 0.717) is 17.9 Å². The van der Waals surface area contributed by atoms with Gasteiger partial charge in [-0.25, -0.2) is 4.98 Å². The standard InChI is InChI=1S/C20H18BrN3O/c1-14-6-8-15(9-7-14)12-20(25)23-16-10-11-19(22-13-16)24-18-5-3-2-4-17(18)21/h2-11,13H,12H2,1H3,(H,22,24)(H,23,25). The van der Waals surface area contributed by atoms with Gasteiger partial charge in [-0.1, -0.05) is 42.0 Å². The number of pyridine rings is 1. The third-order valence-corrected chi connectivity index (χ3v) is 4.36. The van der Waals surface area contributed by atoms with E-state index in [-0.39, 0.29) is 5.91 Å². The minimum absolute atomic E-state index is 0.0582. The molecule has 2 N–H and O–H groups in total. The molecule has 0 aliphatic rings. The van der Waals surface area contributed by atoms with Gasteiger partial charge in [0.1, 0.15) is 5.82 Å². The molecule has 0 fully saturated rings. The summed E-state index contributed by atoms with van der Waals surface area (Å²) in [6, 6.07) is 19.4. The molecule has 0 bridgehead atoms. The van der Waals surface area contributed by atoms with Crippen LogP contribution >= 0.6 is 15.9 Å². The third-order valence-electron chi connectivity index (χ3n) is 3.67. The van der Waals surface area contributed by atoms with Crippen molar-refractivity contribution < 1.29 is 4.79 Å². The second-order valence-electron chi connectivity index (χ2n) is 5.75. The predicted octanol–water partition coefficient (Wildman–Crippen LogP) is 5.08. The van der Waals surface area contributed by atoms with Crippen LogP contribution in [0.2, 0.25) is 0 Å². The summed E-state index contributed by atoms with van der Waals surface area (Å²) in [6.07, 6.45) is 1.99. The molecule has 0 unspecified atom stereocenters. The summed E-state index contributed by atoms with van der Waals surface area (Å²) in [5.74, 6) is 0.653. The van der Waals surface area contributed by atoms with Gasteiger partial charge in [0, 0.05) is 4.47 Å². The lowest BCUT2D eigenvalue weighted by Gasteiger charge is -2.09. The normalized spacial score (nSPS) is 10.3. The van der Waals surface area contributed by atoms with Crippen molar-refractivity contribution in [2.45, 2.75) is 13.3 Å². The van der Waals surface area contributed by atoms with Gasteiger partial charge < -0.3 is 10.6 Å². The first kappa shape index (κ1) is 17.2. The molecule has 1 aromatic heterocycles. The fraction of sp³-hybridized carbons (Fsp3) is 0.100. The van der Waals surface area contributed by atoms with Gasteiger partial charge in [0.15, 0.2) is 0 Å². The Balaban J connectivity index is 1.59. The van der Waals surface area contributed by atoms with Crippen LogP contribution in [0.15, 0.2) is 71.3 Å². The maximum absolute atomic E-state index is 12.1. The Morgan fingerprint density at radius 2 is 1.80 bits per heavy atom. The number of aromatic nitrogens is 1. The van der Waals surface area contributed by atoms with Crippen molar-refractivity contribution in [3.8, 4) is 0 Å². The smallest absolute Gasteiger partial charge is 0.228 e. The number of halogens is 1. The first-order valence-electron chi connectivity index (χ1n) is 7.93. The van der Waals surface area contributed by atoms with Gasteiger partial charge in [0.05, 0.1) is 24.0 Å². The first-order chi connectivity index (χ1) is 12.1. The van der Waals surface area contributed by atoms with Crippen molar-refractivity contribution in [3.05, 3.63) is 82.5 Å². The van der Waals surface area contributed by atoms with Gasteiger partial charge in [-0.05, 0) is 52.7 Å². The molecule has 0 radical (unpaired) electrons. The highest BCUT2D eigenvalue weighted by Crippen LogP contribution is 2.24. The Hall–Kier alpha value is -2.66. The van der Waals surface area contributed by atoms with Gasteiger partial charge >= 0.3 is 0 Å². The van der Waals surface area contributed by atoms with Crippen LogP contribution in [0.4, 0.5) is 17.2 Å². The fourth-order valence-electron chi connectivity index (χ4n) is 2.34. The topological polar surface area (TPSA) is 54.0 Å². The number of para-hydroxylation sites is 1. The monoisotopic (exact) mass is 395 g/mol. The average Bonchev–Trinajstić information content (AvgIpc) is 2.61. The molecular weight excluding hydrogens is 378 g/mol. The maximum atomic E-state index is 12.1. The minimum atomic E-state index is -0.0582. The molecule has 25 heavy (non-hydrogen) atoms. The predicted molar refractivity (Wildman–Crippen MR) is 105 cm³/mol. The lowest BCUT2D eigenvalue weighted by molar-refractivity contribution is -0.115. The zero-order chi connectivity index (χ0) is 17.6. The second kappa shape index (κ2) is 7.94. The summed E-state index contributed by atoms with van der Waals surface area (Å²) >= 11 is 3.49. The molecule has 0 atom stereocenters. The second-order valence-corrected chi connectivity index (χ2v) is 6.60. The number of hydrogen-bond acceptors (Lipinski definition) is 3. The Bertz CT molecular complexity index is 861. The Labute approximate surface area is 155 Å². The van der Waals surface area contributed by atoms with E-state index in [1.807, 2.05) is 67.6 Å². The molecule has 2 aromatic carbocycles. The molecule has 5 heteroatoms. The molecule has 1 amide bonds. The van der Waals surface area contributed by atoms with E-state index < -0.39 is 0 Å². The molecular formula is C20H18BrN3O. The van der Waals surface area contributed by atoms with E-state index in [1.165, 1.54) is 5.56 Å². The molecule has 0 aliphatic carbocycles. The van der Waals surface area contributed by atoms with Crippen LogP contribution in [0, 0.1) is 6.92 Å². The van der Waals surface area contributed by atoms with Crippen molar-refractivity contribution in [3.63, 3.8) is 0 Å². The van der Waals surface area contributed by atoms with Crippen molar-refractivity contribution in [1.29, 1.82) is 0 Å². The number of nitrogens with zero attached hydrogens (tertiary/aromatic N) is 1. The molecule has 4 nitrogen and oxygen atoms in total. The highest BCUT2D eigenvalue weighted by molar-refractivity contribution is 9.10. The van der Waals surface area contributed by atoms with E-state index in [0.717, 1.165) is 15.7 Å². The lowest BCUT2D eigenvalue weighted by atomic mass is 10.1. The van der Waals surface area contributed by atoms with E-state index >= 15 is 0 Å². The number of rotatable bonds is 5. The van der Waals surface area contributed by atoms with E-state index in [2.05, 4.69) is 31.5 Å². The fourth-order valence-corrected chi connectivity index (χ4v) is 2.72. The van der Waals surface area contributed by atoms with E-state index in [9.17, 15) is 4.79 Å². The molecule has 3 aromatic rings. The van der Waals surface area contributed by atoms with Gasteiger partial charge in [0.2, 0.25) is 5.91 Å². The summed E-state index contributed by atoms with van der Waals surface area (Å²) < 4.78 is 0.965. The summed E-state index contributed by atoms with van der Waals surface area (Å²) in [5, 5.41) is 6.10. The van der Waals surface area contributed by atoms with Gasteiger partial charge in [-0.2, -0.15) is 0 Å². The molecule has 0 aliphatic heterocycles. The average molecular weight is 396 g/mol. The van der Waals surface area contributed by atoms with E-state index in [1.54, 1.807) is 6.20 Å². The summed E-state index contributed by atoms with van der Waals surface area (Å²) in [6.45, 7) is 2.03. The zero-order valence-corrected chi connectivity index (χ0v) is 15.4. The summed E-state index contributed by atoms with van der Waals surface area (Å²) in [7, 11) is 0. The number of carbonyl (C=O) groups is 1. The number of aryl methyl sites for hydroxylation is 1. The number of anilines is 3. The molecule has 126 valence electrons. The lowest BCUT2D eigenvalue weighted by Crippen LogP contribution is -2.14. The Morgan fingerprint density at radius 3 is 2.48 bits per heavy atom. The number of carbonyl (C=O) groups excluding carboxylic acids is 1. The Kier molecular flexibility index (Phi) is 5.46. The third kappa shape index (κ3) is 4.90. The number of hydrogen-bond donors (Lipinski definition) is 2. The SMILES string of the molecule is Cc1ccc(CC(=O)Nc2ccc(Nc3ccccc3Br)nc2)cc1. The highest BCUT2D eigenvalue weighted by Gasteiger charge is 2.05. The summed E-state index contributed by atoms with van der Waals surface area (Å²) in [4.78, 5) is 16.5. The quantitative estimate of drug-likeness (QED) is 0.633. The van der Waals surface area contributed by atoms with Crippen LogP contribution in [0.1, 0.15) is 11.1 Å². The van der Waals surface area contributed by atoms with Crippen LogP contribution in [0.25, 0.3) is 0 Å². The van der Waals surface area contributed by atoms with Crippen LogP contribution in [0.3, 0.4) is 0 Å². The van der Waals surface area contributed by atoms with Crippen LogP contribution < -0.4 is 10.6 Å². The molecule has 3 rings (SSSR count). The Morgan fingerprint density at radius 1 is 1.04 bits per heavy atom. The van der Waals surface area contributed by atoms with Gasteiger partial charge in [-0.3, -0.25) is 4.79 Å². The van der Waals surface area contributed by atoms with Crippen molar-refractivity contribution in [2.75, 3.05) is 10.6 Å². The van der Waals surface area contributed by atoms with Crippen LogP contribution in [-0.4, -0.2) is 10.9 Å².